The molecule has 0 saturated heterocycles. The molecule has 0 aliphatic heterocycles. The molecule has 1 N–H and O–H groups in total. The van der Waals surface area contributed by atoms with Gasteiger partial charge in [-0.05, 0) is 18.2 Å². The highest BCUT2D eigenvalue weighted by molar-refractivity contribution is 7.99. The van der Waals surface area contributed by atoms with Crippen molar-refractivity contribution in [3.63, 3.8) is 0 Å². The normalized spacial score (nSPS) is 10.3. The van der Waals surface area contributed by atoms with Crippen LogP contribution < -0.4 is 5.32 Å². The minimum Gasteiger partial charge on any atom is -0.455 e. The number of carbonyl (C=O) groups is 2. The molecular formula is C14H14FN3O3S. The number of nitrogens with one attached hydrogen (secondary N) is 1. The van der Waals surface area contributed by atoms with Crippen LogP contribution in [0.1, 0.15) is 0 Å². The van der Waals surface area contributed by atoms with Crippen LogP contribution in [-0.4, -0.2) is 40.8 Å². The van der Waals surface area contributed by atoms with E-state index >= 15 is 0 Å². The molecule has 22 heavy (non-hydrogen) atoms. The van der Waals surface area contributed by atoms with Gasteiger partial charge in [0.25, 0.3) is 5.91 Å². The van der Waals surface area contributed by atoms with E-state index < -0.39 is 5.97 Å². The van der Waals surface area contributed by atoms with Crippen LogP contribution in [0.25, 0.3) is 5.69 Å². The number of rotatable bonds is 6. The summed E-state index contributed by atoms with van der Waals surface area (Å²) in [5.41, 5.74) is 0.610. The van der Waals surface area contributed by atoms with Gasteiger partial charge in [-0.25, -0.2) is 9.37 Å². The van der Waals surface area contributed by atoms with Crippen molar-refractivity contribution in [1.29, 1.82) is 0 Å². The zero-order valence-corrected chi connectivity index (χ0v) is 12.6. The fourth-order valence-corrected chi connectivity index (χ4v) is 2.37. The lowest BCUT2D eigenvalue weighted by molar-refractivity contribution is -0.145. The summed E-state index contributed by atoms with van der Waals surface area (Å²) in [6, 6.07) is 6.05. The molecule has 0 spiro atoms. The van der Waals surface area contributed by atoms with E-state index in [9.17, 15) is 14.0 Å². The van der Waals surface area contributed by atoms with Crippen LogP contribution in [0.5, 0.6) is 0 Å². The molecule has 6 nitrogen and oxygen atoms in total. The molecule has 0 aliphatic rings. The van der Waals surface area contributed by atoms with Crippen molar-refractivity contribution in [2.45, 2.75) is 5.16 Å². The number of amides is 1. The number of ether oxygens (including phenoxy) is 1. The lowest BCUT2D eigenvalue weighted by Gasteiger charge is -2.07. The largest absolute Gasteiger partial charge is 0.455 e. The summed E-state index contributed by atoms with van der Waals surface area (Å²) in [5.74, 6) is -1.25. The molecule has 0 radical (unpaired) electrons. The van der Waals surface area contributed by atoms with Crippen molar-refractivity contribution in [2.24, 2.45) is 0 Å². The summed E-state index contributed by atoms with van der Waals surface area (Å²) in [6.45, 7) is -0.311. The van der Waals surface area contributed by atoms with E-state index in [-0.39, 0.29) is 24.1 Å². The summed E-state index contributed by atoms with van der Waals surface area (Å²) >= 11 is 1.14. The van der Waals surface area contributed by atoms with E-state index in [4.69, 9.17) is 4.74 Å². The van der Waals surface area contributed by atoms with E-state index in [1.54, 1.807) is 29.1 Å². The molecule has 0 fully saturated rings. The third-order valence-corrected chi connectivity index (χ3v) is 3.60. The number of benzene rings is 1. The highest BCUT2D eigenvalue weighted by Gasteiger charge is 2.11. The minimum atomic E-state index is -0.526. The second-order valence-corrected chi connectivity index (χ2v) is 5.12. The second kappa shape index (κ2) is 7.60. The van der Waals surface area contributed by atoms with Gasteiger partial charge in [-0.3, -0.25) is 14.2 Å². The van der Waals surface area contributed by atoms with Crippen molar-refractivity contribution in [2.75, 3.05) is 19.4 Å². The number of aromatic nitrogens is 2. The van der Waals surface area contributed by atoms with Crippen LogP contribution in [0.15, 0.2) is 41.8 Å². The Morgan fingerprint density at radius 3 is 3.00 bits per heavy atom. The van der Waals surface area contributed by atoms with Gasteiger partial charge in [0, 0.05) is 19.4 Å². The van der Waals surface area contributed by atoms with Gasteiger partial charge in [0.15, 0.2) is 11.8 Å². The molecule has 0 saturated carbocycles. The van der Waals surface area contributed by atoms with Gasteiger partial charge in [0.05, 0.1) is 11.4 Å². The Bertz CT molecular complexity index is 675. The number of halogens is 1. The van der Waals surface area contributed by atoms with Gasteiger partial charge >= 0.3 is 5.97 Å². The van der Waals surface area contributed by atoms with Crippen molar-refractivity contribution in [3.8, 4) is 5.69 Å². The smallest absolute Gasteiger partial charge is 0.316 e. The Balaban J connectivity index is 1.96. The van der Waals surface area contributed by atoms with Crippen LogP contribution in [0.3, 0.4) is 0 Å². The Hall–Kier alpha value is -2.35. The average molecular weight is 323 g/mol. The van der Waals surface area contributed by atoms with Gasteiger partial charge in [0.1, 0.15) is 5.82 Å². The van der Waals surface area contributed by atoms with Gasteiger partial charge in [-0.2, -0.15) is 0 Å². The van der Waals surface area contributed by atoms with E-state index in [2.05, 4.69) is 10.3 Å². The van der Waals surface area contributed by atoms with Crippen LogP contribution in [0, 0.1) is 5.82 Å². The molecule has 116 valence electrons. The first-order chi connectivity index (χ1) is 10.6. The first kappa shape index (κ1) is 16.0. The van der Waals surface area contributed by atoms with E-state index in [1.165, 1.54) is 19.2 Å². The van der Waals surface area contributed by atoms with Gasteiger partial charge < -0.3 is 10.1 Å². The second-order valence-electron chi connectivity index (χ2n) is 4.18. The molecule has 2 aromatic rings. The highest BCUT2D eigenvalue weighted by Crippen LogP contribution is 2.20. The molecule has 1 aromatic carbocycles. The number of imidazole rings is 1. The Morgan fingerprint density at radius 2 is 2.27 bits per heavy atom. The van der Waals surface area contributed by atoms with E-state index in [0.717, 1.165) is 11.8 Å². The fraction of sp³-hybridized carbons (Fsp3) is 0.214. The molecule has 1 heterocycles. The maximum Gasteiger partial charge on any atom is 0.316 e. The lowest BCUT2D eigenvalue weighted by Crippen LogP contribution is -2.25. The molecule has 0 unspecified atom stereocenters. The Morgan fingerprint density at radius 1 is 1.45 bits per heavy atom. The topological polar surface area (TPSA) is 73.2 Å². The fourth-order valence-electron chi connectivity index (χ4n) is 1.60. The van der Waals surface area contributed by atoms with Crippen LogP contribution >= 0.6 is 11.8 Å². The quantitative estimate of drug-likeness (QED) is 0.642. The standard InChI is InChI=1S/C14H14FN3O3S/c1-16-12(19)8-21-13(20)9-22-14-17-5-6-18(14)11-4-2-3-10(15)7-11/h2-7H,8-9H2,1H3,(H,16,19). The Labute approximate surface area is 130 Å². The molecule has 0 bridgehead atoms. The number of thioether (sulfide) groups is 1. The summed E-state index contributed by atoms with van der Waals surface area (Å²) in [5, 5.41) is 2.88. The van der Waals surface area contributed by atoms with Gasteiger partial charge in [-0.15, -0.1) is 0 Å². The van der Waals surface area contributed by atoms with Crippen LogP contribution in [0.2, 0.25) is 0 Å². The molecular weight excluding hydrogens is 309 g/mol. The summed E-state index contributed by atoms with van der Waals surface area (Å²) in [7, 11) is 1.46. The monoisotopic (exact) mass is 323 g/mol. The number of esters is 1. The van der Waals surface area contributed by atoms with Crippen molar-refractivity contribution in [1.82, 2.24) is 14.9 Å². The van der Waals surface area contributed by atoms with Crippen LogP contribution in [0.4, 0.5) is 4.39 Å². The number of carbonyl (C=O) groups excluding carboxylic acids is 2. The number of likely N-dealkylation sites (N-methyl/N-ethyl adjacent to an activating group) is 1. The maximum absolute atomic E-state index is 13.3. The number of hydrogen-bond acceptors (Lipinski definition) is 5. The van der Waals surface area contributed by atoms with Crippen molar-refractivity contribution >= 4 is 23.6 Å². The highest BCUT2D eigenvalue weighted by atomic mass is 32.2. The first-order valence-electron chi connectivity index (χ1n) is 6.38. The van der Waals surface area contributed by atoms with Crippen LogP contribution in [-0.2, 0) is 14.3 Å². The lowest BCUT2D eigenvalue weighted by atomic mass is 10.3. The Kier molecular flexibility index (Phi) is 5.54. The predicted molar refractivity (Wildman–Crippen MR) is 79.3 cm³/mol. The predicted octanol–water partition coefficient (Wildman–Crippen LogP) is 1.39. The van der Waals surface area contributed by atoms with E-state index in [0.29, 0.717) is 10.8 Å². The average Bonchev–Trinajstić information content (AvgIpc) is 2.99. The SMILES string of the molecule is CNC(=O)COC(=O)CSc1nccn1-c1cccc(F)c1. The van der Waals surface area contributed by atoms with Crippen molar-refractivity contribution < 1.29 is 18.7 Å². The third-order valence-electron chi connectivity index (χ3n) is 2.66. The number of hydrogen-bond donors (Lipinski definition) is 1. The number of nitrogens with zero attached hydrogens (tertiary/aromatic N) is 2. The van der Waals surface area contributed by atoms with Crippen molar-refractivity contribution in [3.05, 3.63) is 42.5 Å². The third kappa shape index (κ3) is 4.32. The maximum atomic E-state index is 13.3. The molecule has 1 amide bonds. The summed E-state index contributed by atoms with van der Waals surface area (Å²) in [6.07, 6.45) is 3.23. The summed E-state index contributed by atoms with van der Waals surface area (Å²) < 4.78 is 19.7. The molecule has 2 rings (SSSR count). The van der Waals surface area contributed by atoms with Gasteiger partial charge in [0.2, 0.25) is 0 Å². The van der Waals surface area contributed by atoms with E-state index in [1.807, 2.05) is 0 Å². The molecule has 1 aromatic heterocycles. The minimum absolute atomic E-state index is 0.00330. The zero-order valence-electron chi connectivity index (χ0n) is 11.8. The summed E-state index contributed by atoms with van der Waals surface area (Å²) in [4.78, 5) is 26.6. The van der Waals surface area contributed by atoms with Gasteiger partial charge in [-0.1, -0.05) is 17.8 Å². The molecule has 0 aliphatic carbocycles. The molecule has 0 atom stereocenters. The zero-order chi connectivity index (χ0) is 15.9. The first-order valence-corrected chi connectivity index (χ1v) is 7.37. The molecule has 8 heteroatoms.